The smallest absolute Gasteiger partial charge is 0.328 e. The number of hydrogen-bond donors (Lipinski definition) is 4. The third-order valence-electron chi connectivity index (χ3n) is 5.95. The number of nitrogens with one attached hydrogen (secondary N) is 2. The highest BCUT2D eigenvalue weighted by molar-refractivity contribution is 6.40. The van der Waals surface area contributed by atoms with E-state index in [1.54, 1.807) is 29.4 Å². The van der Waals surface area contributed by atoms with Gasteiger partial charge in [0.1, 0.15) is 11.6 Å². The van der Waals surface area contributed by atoms with Crippen molar-refractivity contribution in [1.29, 1.82) is 0 Å². The number of aliphatic imine (C=N–C) groups is 1. The van der Waals surface area contributed by atoms with Gasteiger partial charge in [-0.05, 0) is 41.8 Å². The second-order valence-electron chi connectivity index (χ2n) is 8.19. The highest BCUT2D eigenvalue weighted by Gasteiger charge is 2.29. The van der Waals surface area contributed by atoms with E-state index in [4.69, 9.17) is 33.4 Å². The molecule has 0 spiro atoms. The van der Waals surface area contributed by atoms with Crippen LogP contribution in [0.3, 0.4) is 0 Å². The lowest BCUT2D eigenvalue weighted by molar-refractivity contribution is -0.139. The van der Waals surface area contributed by atoms with E-state index in [9.17, 15) is 19.5 Å². The summed E-state index contributed by atoms with van der Waals surface area (Å²) < 4.78 is 5.40. The Morgan fingerprint density at radius 2 is 2.03 bits per heavy atom. The molecule has 2 aromatic carbocycles. The van der Waals surface area contributed by atoms with Gasteiger partial charge in [0, 0.05) is 37.6 Å². The van der Waals surface area contributed by atoms with Crippen molar-refractivity contribution in [3.63, 3.8) is 0 Å². The minimum Gasteiger partial charge on any atom is -0.480 e. The maximum absolute atomic E-state index is 13.1. The lowest BCUT2D eigenvalue weighted by Gasteiger charge is -2.30. The van der Waals surface area contributed by atoms with Gasteiger partial charge in [-0.2, -0.15) is 0 Å². The Kier molecular flexibility index (Phi) is 7.37. The summed E-state index contributed by atoms with van der Waals surface area (Å²) in [4.78, 5) is 43.0. The van der Waals surface area contributed by atoms with Crippen LogP contribution in [0.5, 0.6) is 0 Å². The monoisotopic (exact) mass is 531 g/mol. The maximum atomic E-state index is 13.1. The number of carboxylic acid groups (broad SMARTS) is 1. The summed E-state index contributed by atoms with van der Waals surface area (Å²) in [6.07, 6.45) is 1.96. The van der Waals surface area contributed by atoms with Crippen LogP contribution >= 0.6 is 23.2 Å². The second-order valence-corrected chi connectivity index (χ2v) is 8.97. The number of nitrogens with zero attached hydrogens (tertiary/aromatic N) is 2. The van der Waals surface area contributed by atoms with Crippen molar-refractivity contribution < 1.29 is 23.9 Å². The number of aliphatic carboxylic acids is 1. The molecule has 12 heteroatoms. The molecule has 5 N–H and O–H groups in total. The average molecular weight is 532 g/mol. The third kappa shape index (κ3) is 5.09. The molecule has 0 unspecified atom stereocenters. The van der Waals surface area contributed by atoms with Crippen molar-refractivity contribution in [1.82, 2.24) is 15.5 Å². The Labute approximate surface area is 216 Å². The number of carbonyl (C=O) groups excluding carboxylic acids is 2. The van der Waals surface area contributed by atoms with Crippen molar-refractivity contribution in [2.75, 3.05) is 20.1 Å². The van der Waals surface area contributed by atoms with E-state index in [2.05, 4.69) is 15.6 Å². The quantitative estimate of drug-likeness (QED) is 0.282. The highest BCUT2D eigenvalue weighted by Crippen LogP contribution is 2.35. The average Bonchev–Trinajstić information content (AvgIpc) is 3.33. The predicted octanol–water partition coefficient (Wildman–Crippen LogP) is 2.66. The number of furan rings is 1. The van der Waals surface area contributed by atoms with Gasteiger partial charge in [-0.1, -0.05) is 29.3 Å². The first-order valence-corrected chi connectivity index (χ1v) is 11.7. The van der Waals surface area contributed by atoms with E-state index < -0.39 is 17.9 Å². The van der Waals surface area contributed by atoms with Crippen LogP contribution in [-0.4, -0.2) is 59.9 Å². The van der Waals surface area contributed by atoms with Gasteiger partial charge in [0.2, 0.25) is 0 Å². The fraction of sp³-hybridized carbons (Fsp3) is 0.250. The molecule has 2 heterocycles. The molecule has 1 aromatic heterocycles. The molecular weight excluding hydrogens is 509 g/mol. The van der Waals surface area contributed by atoms with E-state index in [0.717, 1.165) is 5.39 Å². The molecule has 4 rings (SSSR count). The molecule has 1 aliphatic heterocycles. The molecule has 2 amide bonds. The third-order valence-corrected chi connectivity index (χ3v) is 6.67. The first-order valence-electron chi connectivity index (χ1n) is 11.0. The maximum Gasteiger partial charge on any atom is 0.328 e. The van der Waals surface area contributed by atoms with Crippen LogP contribution in [0.25, 0.3) is 11.0 Å². The zero-order valence-electron chi connectivity index (χ0n) is 19.2. The number of nitrogens with two attached hydrogens (primary N) is 1. The summed E-state index contributed by atoms with van der Waals surface area (Å²) in [7, 11) is 1.44. The lowest BCUT2D eigenvalue weighted by Crippen LogP contribution is -2.49. The van der Waals surface area contributed by atoms with Crippen LogP contribution in [-0.2, 0) is 17.8 Å². The van der Waals surface area contributed by atoms with Gasteiger partial charge < -0.3 is 30.8 Å². The predicted molar refractivity (Wildman–Crippen MR) is 136 cm³/mol. The number of carboxylic acids is 1. The largest absolute Gasteiger partial charge is 0.480 e. The molecule has 1 atom stereocenters. The summed E-state index contributed by atoms with van der Waals surface area (Å²) in [5, 5.41) is 15.6. The molecule has 0 fully saturated rings. The van der Waals surface area contributed by atoms with Gasteiger partial charge in [0.05, 0.1) is 21.9 Å². The van der Waals surface area contributed by atoms with Gasteiger partial charge in [-0.25, -0.2) is 4.79 Å². The number of guanidine groups is 1. The number of carbonyl (C=O) groups is 3. The summed E-state index contributed by atoms with van der Waals surface area (Å²) in [5.41, 5.74) is 8.03. The summed E-state index contributed by atoms with van der Waals surface area (Å²) in [5.74, 6) is -2.14. The van der Waals surface area contributed by atoms with Crippen LogP contribution in [0, 0.1) is 0 Å². The van der Waals surface area contributed by atoms with Gasteiger partial charge in [0.15, 0.2) is 5.96 Å². The standard InChI is InChI=1S/C24H23Cl2N5O5/c1-28-24(27)29-10-17(23(34)35)30-21(32)19-16(25)8-14-11-31(6-4-15(14)20(19)26)22(33)13-3-2-12-5-7-36-18(12)9-13/h2-3,5,7-9,17H,4,6,10-11H2,1H3,(H,30,32)(H,34,35)(H3,27,28,29)/t17-/m0/s1. The zero-order valence-corrected chi connectivity index (χ0v) is 20.7. The molecule has 188 valence electrons. The van der Waals surface area contributed by atoms with Gasteiger partial charge in [-0.3, -0.25) is 14.6 Å². The zero-order chi connectivity index (χ0) is 26.0. The fourth-order valence-corrected chi connectivity index (χ4v) is 4.78. The SMILES string of the molecule is C/N=C(\N)NC[C@H](NC(=O)c1c(Cl)cc2c(c1Cl)CCN(C(=O)c1ccc3ccoc3c1)C2)C(=O)O. The minimum absolute atomic E-state index is 0.0245. The van der Waals surface area contributed by atoms with Crippen molar-refractivity contribution >= 4 is 57.9 Å². The Hall–Kier alpha value is -3.76. The molecular formula is C24H23Cl2N5O5. The van der Waals surface area contributed by atoms with Crippen LogP contribution in [0.15, 0.2) is 46.0 Å². The molecule has 1 aliphatic rings. The van der Waals surface area contributed by atoms with E-state index in [-0.39, 0.29) is 40.6 Å². The first kappa shape index (κ1) is 25.3. The number of benzene rings is 2. The molecule has 36 heavy (non-hydrogen) atoms. The molecule has 0 radical (unpaired) electrons. The van der Waals surface area contributed by atoms with Crippen LogP contribution < -0.4 is 16.4 Å². The van der Waals surface area contributed by atoms with Crippen molar-refractivity contribution in [2.45, 2.75) is 19.0 Å². The Balaban J connectivity index is 1.53. The van der Waals surface area contributed by atoms with E-state index in [1.807, 2.05) is 12.1 Å². The number of rotatable bonds is 6. The summed E-state index contributed by atoms with van der Waals surface area (Å²) >= 11 is 13.0. The van der Waals surface area contributed by atoms with Crippen LogP contribution in [0.1, 0.15) is 31.8 Å². The van der Waals surface area contributed by atoms with E-state index in [1.165, 1.54) is 7.05 Å². The number of fused-ring (bicyclic) bond motifs is 2. The Bertz CT molecular complexity index is 1390. The van der Waals surface area contributed by atoms with Crippen molar-refractivity contribution in [2.24, 2.45) is 10.7 Å². The van der Waals surface area contributed by atoms with Crippen molar-refractivity contribution in [3.8, 4) is 0 Å². The van der Waals surface area contributed by atoms with E-state index in [0.29, 0.717) is 35.2 Å². The van der Waals surface area contributed by atoms with Crippen LogP contribution in [0.4, 0.5) is 0 Å². The number of hydrogen-bond acceptors (Lipinski definition) is 5. The molecule has 10 nitrogen and oxygen atoms in total. The second kappa shape index (κ2) is 10.5. The summed E-state index contributed by atoms with van der Waals surface area (Å²) in [6.45, 7) is 0.441. The van der Waals surface area contributed by atoms with Crippen molar-refractivity contribution in [3.05, 3.63) is 68.9 Å². The molecule has 3 aromatic rings. The number of halogens is 2. The topological polar surface area (TPSA) is 150 Å². The number of amides is 2. The normalized spacial score (nSPS) is 14.3. The van der Waals surface area contributed by atoms with Crippen LogP contribution in [0.2, 0.25) is 10.0 Å². The van der Waals surface area contributed by atoms with Gasteiger partial charge in [-0.15, -0.1) is 0 Å². The molecule has 0 saturated carbocycles. The molecule has 0 saturated heterocycles. The summed E-state index contributed by atoms with van der Waals surface area (Å²) in [6, 6.07) is 7.38. The molecule has 0 bridgehead atoms. The van der Waals surface area contributed by atoms with E-state index >= 15 is 0 Å². The lowest BCUT2D eigenvalue weighted by atomic mass is 9.96. The van der Waals surface area contributed by atoms with Gasteiger partial charge >= 0.3 is 5.97 Å². The Morgan fingerprint density at radius 3 is 2.75 bits per heavy atom. The first-order chi connectivity index (χ1) is 17.2. The minimum atomic E-state index is -1.31. The highest BCUT2D eigenvalue weighted by atomic mass is 35.5. The fourth-order valence-electron chi connectivity index (χ4n) is 4.02. The molecule has 0 aliphatic carbocycles. The Morgan fingerprint density at radius 1 is 1.25 bits per heavy atom. The van der Waals surface area contributed by atoms with Gasteiger partial charge in [0.25, 0.3) is 11.8 Å².